The highest BCUT2D eigenvalue weighted by molar-refractivity contribution is 6.31. The summed E-state index contributed by atoms with van der Waals surface area (Å²) in [5, 5.41) is 0.509. The first-order valence-corrected chi connectivity index (χ1v) is 6.42. The highest BCUT2D eigenvalue weighted by Crippen LogP contribution is 2.40. The Labute approximate surface area is 110 Å². The van der Waals surface area contributed by atoms with Crippen LogP contribution in [-0.4, -0.2) is 11.7 Å². The van der Waals surface area contributed by atoms with Crippen LogP contribution in [0.3, 0.4) is 0 Å². The largest absolute Gasteiger partial charge is 0.294 e. The van der Waals surface area contributed by atoms with E-state index in [9.17, 15) is 13.6 Å². The van der Waals surface area contributed by atoms with Gasteiger partial charge in [0.25, 0.3) is 0 Å². The molecular formula is C14H15ClF2O. The quantitative estimate of drug-likeness (QED) is 0.732. The maximum absolute atomic E-state index is 13.0. The van der Waals surface area contributed by atoms with Crippen LogP contribution in [0.1, 0.15) is 41.6 Å². The molecule has 1 atom stereocenters. The van der Waals surface area contributed by atoms with Crippen molar-refractivity contribution in [3.8, 4) is 0 Å². The van der Waals surface area contributed by atoms with Gasteiger partial charge < -0.3 is 0 Å². The zero-order valence-electron chi connectivity index (χ0n) is 10.2. The van der Waals surface area contributed by atoms with Gasteiger partial charge in [-0.2, -0.15) is 0 Å². The average Bonchev–Trinajstić information content (AvgIpc) is 2.56. The third-order valence-corrected chi connectivity index (χ3v) is 3.56. The number of hydrogen-bond acceptors (Lipinski definition) is 1. The Kier molecular flexibility index (Phi) is 3.71. The van der Waals surface area contributed by atoms with Gasteiger partial charge in [-0.15, -0.1) is 0 Å². The number of benzene rings is 1. The van der Waals surface area contributed by atoms with Crippen molar-refractivity contribution in [3.63, 3.8) is 0 Å². The lowest BCUT2D eigenvalue weighted by atomic mass is 9.96. The average molecular weight is 273 g/mol. The van der Waals surface area contributed by atoms with Crippen LogP contribution >= 0.6 is 11.6 Å². The molecule has 0 radical (unpaired) electrons. The van der Waals surface area contributed by atoms with E-state index in [0.29, 0.717) is 17.0 Å². The molecule has 1 unspecified atom stereocenters. The van der Waals surface area contributed by atoms with E-state index < -0.39 is 5.92 Å². The first kappa shape index (κ1) is 13.5. The molecule has 4 heteroatoms. The van der Waals surface area contributed by atoms with Crippen molar-refractivity contribution in [2.24, 2.45) is 5.92 Å². The van der Waals surface area contributed by atoms with Crippen LogP contribution in [0.2, 0.25) is 5.02 Å². The van der Waals surface area contributed by atoms with Gasteiger partial charge in [0.15, 0.2) is 5.78 Å². The van der Waals surface area contributed by atoms with Crippen LogP contribution in [-0.2, 0) is 0 Å². The lowest BCUT2D eigenvalue weighted by Gasteiger charge is -2.10. The fourth-order valence-electron chi connectivity index (χ4n) is 2.49. The summed E-state index contributed by atoms with van der Waals surface area (Å²) in [7, 11) is 0. The van der Waals surface area contributed by atoms with Crippen molar-refractivity contribution < 1.29 is 13.6 Å². The zero-order chi connectivity index (χ0) is 13.3. The van der Waals surface area contributed by atoms with Gasteiger partial charge in [-0.1, -0.05) is 11.6 Å². The van der Waals surface area contributed by atoms with E-state index >= 15 is 0 Å². The van der Waals surface area contributed by atoms with E-state index in [1.165, 1.54) is 0 Å². The molecule has 1 nitrogen and oxygen atoms in total. The van der Waals surface area contributed by atoms with Gasteiger partial charge in [-0.3, -0.25) is 4.79 Å². The Balaban J connectivity index is 2.04. The van der Waals surface area contributed by atoms with Crippen LogP contribution in [0, 0.1) is 12.8 Å². The predicted octanol–water partition coefficient (Wildman–Crippen LogP) is 4.66. The van der Waals surface area contributed by atoms with Gasteiger partial charge in [-0.05, 0) is 43.0 Å². The summed E-state index contributed by atoms with van der Waals surface area (Å²) in [5.74, 6) is -2.88. The molecule has 1 aliphatic carbocycles. The van der Waals surface area contributed by atoms with Gasteiger partial charge in [0.2, 0.25) is 5.92 Å². The first-order valence-electron chi connectivity index (χ1n) is 6.04. The van der Waals surface area contributed by atoms with E-state index in [1.54, 1.807) is 18.2 Å². The molecule has 2 rings (SSSR count). The summed E-state index contributed by atoms with van der Waals surface area (Å²) in [4.78, 5) is 12.0. The van der Waals surface area contributed by atoms with E-state index in [0.717, 1.165) is 5.56 Å². The Morgan fingerprint density at radius 1 is 1.44 bits per heavy atom. The van der Waals surface area contributed by atoms with E-state index in [1.807, 2.05) is 6.92 Å². The minimum absolute atomic E-state index is 0.0942. The molecule has 98 valence electrons. The molecule has 0 saturated heterocycles. The smallest absolute Gasteiger partial charge is 0.248 e. The van der Waals surface area contributed by atoms with Crippen molar-refractivity contribution in [2.75, 3.05) is 0 Å². The lowest BCUT2D eigenvalue weighted by molar-refractivity contribution is 0.00497. The number of halogens is 3. The maximum atomic E-state index is 13.0. The minimum atomic E-state index is -2.59. The van der Waals surface area contributed by atoms with Crippen LogP contribution in [0.4, 0.5) is 8.78 Å². The van der Waals surface area contributed by atoms with Gasteiger partial charge in [0.1, 0.15) is 0 Å². The van der Waals surface area contributed by atoms with Crippen molar-refractivity contribution in [2.45, 2.75) is 38.5 Å². The second kappa shape index (κ2) is 4.96. The Bertz CT molecular complexity index is 451. The molecule has 0 aliphatic heterocycles. The third-order valence-electron chi connectivity index (χ3n) is 3.34. The summed E-state index contributed by atoms with van der Waals surface area (Å²) in [5.41, 5.74) is 1.43. The van der Waals surface area contributed by atoms with E-state index in [2.05, 4.69) is 0 Å². The highest BCUT2D eigenvalue weighted by Gasteiger charge is 2.39. The van der Waals surface area contributed by atoms with Crippen molar-refractivity contribution in [1.29, 1.82) is 0 Å². The van der Waals surface area contributed by atoms with Gasteiger partial charge >= 0.3 is 0 Å². The van der Waals surface area contributed by atoms with E-state index in [-0.39, 0.29) is 31.0 Å². The fraction of sp³-hybridized carbons (Fsp3) is 0.500. The number of carbonyl (C=O) groups is 1. The summed E-state index contributed by atoms with van der Waals surface area (Å²) in [6, 6.07) is 5.12. The predicted molar refractivity (Wildman–Crippen MR) is 67.4 cm³/mol. The monoisotopic (exact) mass is 272 g/mol. The van der Waals surface area contributed by atoms with Crippen LogP contribution in [0.15, 0.2) is 18.2 Å². The Morgan fingerprint density at radius 2 is 2.17 bits per heavy atom. The van der Waals surface area contributed by atoms with E-state index in [4.69, 9.17) is 11.6 Å². The molecule has 1 fully saturated rings. The molecule has 0 aromatic heterocycles. The molecule has 0 amide bonds. The van der Waals surface area contributed by atoms with Crippen LogP contribution < -0.4 is 0 Å². The standard InChI is InChI=1S/C14H15ClF2O/c1-9-4-11(7-12(15)5-9)13(18)6-10-2-3-14(16,17)8-10/h4-5,7,10H,2-3,6,8H2,1H3. The molecule has 0 spiro atoms. The molecule has 1 saturated carbocycles. The molecule has 0 N–H and O–H groups in total. The number of Topliss-reactive ketones (excluding diaryl/α,β-unsaturated/α-hetero) is 1. The van der Waals surface area contributed by atoms with Crippen LogP contribution in [0.5, 0.6) is 0 Å². The highest BCUT2D eigenvalue weighted by atomic mass is 35.5. The SMILES string of the molecule is Cc1cc(Cl)cc(C(=O)CC2CCC(F)(F)C2)c1. The lowest BCUT2D eigenvalue weighted by Crippen LogP contribution is -2.12. The van der Waals surface area contributed by atoms with Crippen molar-refractivity contribution >= 4 is 17.4 Å². The molecule has 0 heterocycles. The fourth-order valence-corrected chi connectivity index (χ4v) is 2.78. The topological polar surface area (TPSA) is 17.1 Å². The molecular weight excluding hydrogens is 258 g/mol. The maximum Gasteiger partial charge on any atom is 0.248 e. The number of hydrogen-bond donors (Lipinski definition) is 0. The number of aryl methyl sites for hydroxylation is 1. The number of ketones is 1. The molecule has 1 aromatic rings. The van der Waals surface area contributed by atoms with Crippen molar-refractivity contribution in [3.05, 3.63) is 34.3 Å². The molecule has 1 aromatic carbocycles. The van der Waals surface area contributed by atoms with Gasteiger partial charge in [0.05, 0.1) is 0 Å². The Morgan fingerprint density at radius 3 is 2.72 bits per heavy atom. The number of carbonyl (C=O) groups excluding carboxylic acids is 1. The third kappa shape index (κ3) is 3.29. The van der Waals surface area contributed by atoms with Crippen molar-refractivity contribution in [1.82, 2.24) is 0 Å². The van der Waals surface area contributed by atoms with Gasteiger partial charge in [0, 0.05) is 29.8 Å². The second-order valence-corrected chi connectivity index (χ2v) is 5.55. The Hall–Kier alpha value is -0.960. The molecule has 18 heavy (non-hydrogen) atoms. The summed E-state index contributed by atoms with van der Waals surface area (Å²) in [6.07, 6.45) is 0.353. The number of alkyl halides is 2. The first-order chi connectivity index (χ1) is 8.35. The summed E-state index contributed by atoms with van der Waals surface area (Å²) in [6.45, 7) is 1.85. The molecule has 0 bridgehead atoms. The normalized spacial score (nSPS) is 22.1. The van der Waals surface area contributed by atoms with Crippen LogP contribution in [0.25, 0.3) is 0 Å². The summed E-state index contributed by atoms with van der Waals surface area (Å²) >= 11 is 5.88. The second-order valence-electron chi connectivity index (χ2n) is 5.11. The minimum Gasteiger partial charge on any atom is -0.294 e. The molecule has 1 aliphatic rings. The zero-order valence-corrected chi connectivity index (χ0v) is 10.9. The van der Waals surface area contributed by atoms with Gasteiger partial charge in [-0.25, -0.2) is 8.78 Å². The number of rotatable bonds is 3. The summed E-state index contributed by atoms with van der Waals surface area (Å²) < 4.78 is 26.1.